The summed E-state index contributed by atoms with van der Waals surface area (Å²) in [7, 11) is 0. The molecule has 0 heterocycles. The van der Waals surface area contributed by atoms with Gasteiger partial charge in [0.25, 0.3) is 0 Å². The molecular weight excluding hydrogens is 306 g/mol. The molecule has 19 heavy (non-hydrogen) atoms. The van der Waals surface area contributed by atoms with Gasteiger partial charge in [-0.3, -0.25) is 0 Å². The average molecular weight is 328 g/mol. The summed E-state index contributed by atoms with van der Waals surface area (Å²) in [5.74, 6) is 0. The van der Waals surface area contributed by atoms with Crippen molar-refractivity contribution in [1.29, 1.82) is 0 Å². The van der Waals surface area contributed by atoms with Gasteiger partial charge in [0.15, 0.2) is 0 Å². The summed E-state index contributed by atoms with van der Waals surface area (Å²) in [5.41, 5.74) is 0.705. The van der Waals surface area contributed by atoms with E-state index < -0.39 is 6.10 Å². The van der Waals surface area contributed by atoms with Gasteiger partial charge in [0.2, 0.25) is 0 Å². The number of β-amino-alcohol motifs (C(OH)–C–C–N with tert-alkyl or cyclic N) is 1. The van der Waals surface area contributed by atoms with E-state index in [1.54, 1.807) is 0 Å². The largest absolute Gasteiger partial charge is 0.394 e. The number of halogens is 1. The lowest BCUT2D eigenvalue weighted by Crippen LogP contribution is -2.51. The van der Waals surface area contributed by atoms with Crippen LogP contribution in [0.4, 0.5) is 0 Å². The molecule has 0 aliphatic heterocycles. The highest BCUT2D eigenvalue weighted by molar-refractivity contribution is 9.10. The third-order valence-electron chi connectivity index (χ3n) is 4.02. The first-order valence-corrected chi connectivity index (χ1v) is 7.74. The minimum absolute atomic E-state index is 0.151. The third-order valence-corrected chi connectivity index (χ3v) is 4.51. The van der Waals surface area contributed by atoms with E-state index >= 15 is 0 Å². The molecule has 1 aromatic rings. The van der Waals surface area contributed by atoms with Crippen LogP contribution in [0.1, 0.15) is 43.8 Å². The van der Waals surface area contributed by atoms with Gasteiger partial charge >= 0.3 is 0 Å². The van der Waals surface area contributed by atoms with Gasteiger partial charge in [-0.2, -0.15) is 0 Å². The minimum atomic E-state index is -0.539. The topological polar surface area (TPSA) is 52.5 Å². The van der Waals surface area contributed by atoms with Crippen LogP contribution in [-0.4, -0.2) is 28.9 Å². The van der Waals surface area contributed by atoms with Gasteiger partial charge in [0.05, 0.1) is 12.7 Å². The van der Waals surface area contributed by atoms with Crippen molar-refractivity contribution in [1.82, 2.24) is 5.32 Å². The number of hydrogen-bond acceptors (Lipinski definition) is 3. The lowest BCUT2D eigenvalue weighted by atomic mass is 9.82. The van der Waals surface area contributed by atoms with E-state index in [1.807, 2.05) is 24.3 Å². The Kier molecular flexibility index (Phi) is 5.39. The molecule has 1 saturated carbocycles. The molecule has 1 atom stereocenters. The van der Waals surface area contributed by atoms with E-state index in [0.29, 0.717) is 6.54 Å². The summed E-state index contributed by atoms with van der Waals surface area (Å²) in [5, 5.41) is 23.2. The van der Waals surface area contributed by atoms with Gasteiger partial charge in [-0.05, 0) is 30.5 Å². The number of benzene rings is 1. The van der Waals surface area contributed by atoms with Crippen molar-refractivity contribution >= 4 is 15.9 Å². The number of hydrogen-bond donors (Lipinski definition) is 3. The zero-order valence-electron chi connectivity index (χ0n) is 11.1. The van der Waals surface area contributed by atoms with Crippen molar-refractivity contribution in [3.05, 3.63) is 34.3 Å². The van der Waals surface area contributed by atoms with Crippen LogP contribution in [0.5, 0.6) is 0 Å². The highest BCUT2D eigenvalue weighted by Gasteiger charge is 2.31. The van der Waals surface area contributed by atoms with Gasteiger partial charge in [-0.25, -0.2) is 0 Å². The first-order chi connectivity index (χ1) is 9.15. The predicted octanol–water partition coefficient (Wildman–Crippen LogP) is 2.77. The van der Waals surface area contributed by atoms with E-state index in [9.17, 15) is 10.2 Å². The smallest absolute Gasteiger partial charge is 0.0914 e. The predicted molar refractivity (Wildman–Crippen MR) is 80.0 cm³/mol. The second-order valence-corrected chi connectivity index (χ2v) is 6.37. The third kappa shape index (κ3) is 4.02. The molecule has 0 radical (unpaired) electrons. The van der Waals surface area contributed by atoms with Crippen molar-refractivity contribution in [3.63, 3.8) is 0 Å². The summed E-state index contributed by atoms with van der Waals surface area (Å²) < 4.78 is 0.971. The second kappa shape index (κ2) is 6.84. The summed E-state index contributed by atoms with van der Waals surface area (Å²) in [6.07, 6.45) is 5.00. The summed E-state index contributed by atoms with van der Waals surface area (Å²) in [6.45, 7) is 0.634. The molecule has 1 aliphatic rings. The monoisotopic (exact) mass is 327 g/mol. The molecule has 4 heteroatoms. The maximum Gasteiger partial charge on any atom is 0.0914 e. The van der Waals surface area contributed by atoms with E-state index in [4.69, 9.17) is 0 Å². The molecule has 0 bridgehead atoms. The molecule has 0 aromatic heterocycles. The van der Waals surface area contributed by atoms with Gasteiger partial charge in [0, 0.05) is 16.6 Å². The number of aliphatic hydroxyl groups is 2. The summed E-state index contributed by atoms with van der Waals surface area (Å²) in [4.78, 5) is 0. The molecule has 0 saturated heterocycles. The van der Waals surface area contributed by atoms with Crippen LogP contribution in [0.3, 0.4) is 0 Å². The highest BCUT2D eigenvalue weighted by Crippen LogP contribution is 2.28. The van der Waals surface area contributed by atoms with Crippen molar-refractivity contribution in [3.8, 4) is 0 Å². The Hall–Kier alpha value is -0.420. The van der Waals surface area contributed by atoms with Crippen molar-refractivity contribution in [2.45, 2.75) is 43.7 Å². The van der Waals surface area contributed by atoms with E-state index in [-0.39, 0.29) is 12.1 Å². The molecule has 1 aromatic carbocycles. The molecule has 0 spiro atoms. The molecule has 1 fully saturated rings. The van der Waals surface area contributed by atoms with Gasteiger partial charge < -0.3 is 15.5 Å². The lowest BCUT2D eigenvalue weighted by Gasteiger charge is -2.37. The molecule has 0 amide bonds. The molecular formula is C15H22BrNO2. The molecule has 2 rings (SSSR count). The van der Waals surface area contributed by atoms with Crippen LogP contribution < -0.4 is 5.32 Å². The van der Waals surface area contributed by atoms with Crippen molar-refractivity contribution in [2.24, 2.45) is 0 Å². The van der Waals surface area contributed by atoms with Crippen LogP contribution in [0.25, 0.3) is 0 Å². The number of rotatable bonds is 5. The Morgan fingerprint density at radius 2 is 2.00 bits per heavy atom. The van der Waals surface area contributed by atoms with Crippen LogP contribution >= 0.6 is 15.9 Å². The fourth-order valence-corrected chi connectivity index (χ4v) is 3.18. The second-order valence-electron chi connectivity index (χ2n) is 5.45. The first kappa shape index (κ1) is 15.0. The highest BCUT2D eigenvalue weighted by atomic mass is 79.9. The Balaban J connectivity index is 1.93. The van der Waals surface area contributed by atoms with Crippen molar-refractivity contribution < 1.29 is 10.2 Å². The quantitative estimate of drug-likeness (QED) is 0.779. The SMILES string of the molecule is OCC1(NCC(O)c2cccc(Br)c2)CCCCC1. The lowest BCUT2D eigenvalue weighted by molar-refractivity contribution is 0.0943. The minimum Gasteiger partial charge on any atom is -0.394 e. The Morgan fingerprint density at radius 3 is 2.63 bits per heavy atom. The molecule has 106 valence electrons. The van der Waals surface area contributed by atoms with Gasteiger partial charge in [-0.15, -0.1) is 0 Å². The normalized spacial score (nSPS) is 20.2. The maximum atomic E-state index is 10.2. The average Bonchev–Trinajstić information content (AvgIpc) is 2.46. The Labute approximate surface area is 123 Å². The summed E-state index contributed by atoms with van der Waals surface area (Å²) >= 11 is 3.41. The van der Waals surface area contributed by atoms with E-state index in [2.05, 4.69) is 21.2 Å². The van der Waals surface area contributed by atoms with E-state index in [1.165, 1.54) is 6.42 Å². The Morgan fingerprint density at radius 1 is 1.26 bits per heavy atom. The van der Waals surface area contributed by atoms with Crippen LogP contribution in [-0.2, 0) is 0 Å². The maximum absolute atomic E-state index is 10.2. The molecule has 1 unspecified atom stereocenters. The fourth-order valence-electron chi connectivity index (χ4n) is 2.76. The van der Waals surface area contributed by atoms with Crippen LogP contribution in [0.15, 0.2) is 28.7 Å². The number of aliphatic hydroxyl groups excluding tert-OH is 2. The van der Waals surface area contributed by atoms with E-state index in [0.717, 1.165) is 35.7 Å². The van der Waals surface area contributed by atoms with Crippen LogP contribution in [0.2, 0.25) is 0 Å². The van der Waals surface area contributed by atoms with Crippen molar-refractivity contribution in [2.75, 3.05) is 13.2 Å². The van der Waals surface area contributed by atoms with Crippen LogP contribution in [0, 0.1) is 0 Å². The Bertz CT molecular complexity index is 405. The zero-order valence-corrected chi connectivity index (χ0v) is 12.7. The first-order valence-electron chi connectivity index (χ1n) is 6.95. The summed E-state index contributed by atoms with van der Waals surface area (Å²) in [6, 6.07) is 7.72. The zero-order chi connectivity index (χ0) is 13.7. The van der Waals surface area contributed by atoms with Gasteiger partial charge in [-0.1, -0.05) is 47.3 Å². The molecule has 3 N–H and O–H groups in total. The fraction of sp³-hybridized carbons (Fsp3) is 0.600. The number of nitrogens with one attached hydrogen (secondary N) is 1. The molecule has 3 nitrogen and oxygen atoms in total. The van der Waals surface area contributed by atoms with Gasteiger partial charge in [0.1, 0.15) is 0 Å². The molecule has 1 aliphatic carbocycles. The standard InChI is InChI=1S/C15H22BrNO2/c16-13-6-4-5-12(9-13)14(19)10-17-15(11-18)7-2-1-3-8-15/h4-6,9,14,17-19H,1-3,7-8,10-11H2.